The Morgan fingerprint density at radius 3 is 2.57 bits per heavy atom. The standard InChI is InChI=1S/C20H15Br/c1-13-6-9-18-17(10-11-19(18)20(13)21)16-8-7-14-4-2-3-5-15(14)12-16/h2-12,17H,1H3. The van der Waals surface area contributed by atoms with E-state index in [1.54, 1.807) is 0 Å². The average molecular weight is 335 g/mol. The summed E-state index contributed by atoms with van der Waals surface area (Å²) >= 11 is 3.72. The van der Waals surface area contributed by atoms with Gasteiger partial charge in [0.1, 0.15) is 0 Å². The van der Waals surface area contributed by atoms with E-state index in [0.29, 0.717) is 5.92 Å². The van der Waals surface area contributed by atoms with E-state index in [9.17, 15) is 0 Å². The summed E-state index contributed by atoms with van der Waals surface area (Å²) in [5, 5.41) is 2.61. The van der Waals surface area contributed by atoms with Crippen molar-refractivity contribution in [3.05, 3.63) is 87.4 Å². The second-order valence-electron chi connectivity index (χ2n) is 5.64. The lowest BCUT2D eigenvalue weighted by Crippen LogP contribution is -1.97. The maximum absolute atomic E-state index is 3.72. The van der Waals surface area contributed by atoms with E-state index in [1.807, 2.05) is 0 Å². The first-order valence-electron chi connectivity index (χ1n) is 7.20. The first-order valence-corrected chi connectivity index (χ1v) is 7.99. The predicted molar refractivity (Wildman–Crippen MR) is 93.7 cm³/mol. The zero-order valence-corrected chi connectivity index (χ0v) is 13.4. The monoisotopic (exact) mass is 334 g/mol. The van der Waals surface area contributed by atoms with Crippen LogP contribution < -0.4 is 0 Å². The van der Waals surface area contributed by atoms with Crippen molar-refractivity contribution >= 4 is 32.8 Å². The van der Waals surface area contributed by atoms with Crippen LogP contribution in [0.3, 0.4) is 0 Å². The zero-order chi connectivity index (χ0) is 14.4. The Bertz CT molecular complexity index is 874. The lowest BCUT2D eigenvalue weighted by molar-refractivity contribution is 1.05. The molecule has 0 N–H and O–H groups in total. The molecule has 102 valence electrons. The predicted octanol–water partition coefficient (Wildman–Crippen LogP) is 6.07. The van der Waals surface area contributed by atoms with Gasteiger partial charge in [0.25, 0.3) is 0 Å². The molecule has 0 aliphatic heterocycles. The Morgan fingerprint density at radius 1 is 0.905 bits per heavy atom. The van der Waals surface area contributed by atoms with Gasteiger partial charge in [-0.15, -0.1) is 0 Å². The molecular formula is C20H15Br. The summed E-state index contributed by atoms with van der Waals surface area (Å²) in [7, 11) is 0. The number of allylic oxidation sites excluding steroid dienone is 1. The Kier molecular flexibility index (Phi) is 2.97. The van der Waals surface area contributed by atoms with Crippen molar-refractivity contribution < 1.29 is 0 Å². The van der Waals surface area contributed by atoms with Crippen LogP contribution in [0, 0.1) is 6.92 Å². The molecule has 1 heteroatoms. The van der Waals surface area contributed by atoms with Crippen LogP contribution in [0.1, 0.15) is 28.2 Å². The zero-order valence-electron chi connectivity index (χ0n) is 11.8. The van der Waals surface area contributed by atoms with E-state index >= 15 is 0 Å². The Morgan fingerprint density at radius 2 is 1.71 bits per heavy atom. The maximum Gasteiger partial charge on any atom is 0.0279 e. The highest BCUT2D eigenvalue weighted by Crippen LogP contribution is 2.40. The van der Waals surface area contributed by atoms with Gasteiger partial charge in [0, 0.05) is 10.4 Å². The number of halogens is 1. The SMILES string of the molecule is Cc1ccc2c(c1Br)C=CC2c1ccc2ccccc2c1. The Hall–Kier alpha value is -1.86. The van der Waals surface area contributed by atoms with Crippen molar-refractivity contribution in [1.82, 2.24) is 0 Å². The van der Waals surface area contributed by atoms with Gasteiger partial charge >= 0.3 is 0 Å². The van der Waals surface area contributed by atoms with Crippen molar-refractivity contribution in [2.75, 3.05) is 0 Å². The maximum atomic E-state index is 3.72. The quantitative estimate of drug-likeness (QED) is 0.506. The van der Waals surface area contributed by atoms with E-state index in [2.05, 4.69) is 89.6 Å². The van der Waals surface area contributed by atoms with Crippen LogP contribution in [0.5, 0.6) is 0 Å². The molecule has 0 radical (unpaired) electrons. The van der Waals surface area contributed by atoms with Crippen LogP contribution >= 0.6 is 15.9 Å². The molecule has 0 aromatic heterocycles. The summed E-state index contributed by atoms with van der Waals surface area (Å²) in [6.45, 7) is 2.14. The molecule has 21 heavy (non-hydrogen) atoms. The van der Waals surface area contributed by atoms with E-state index in [-0.39, 0.29) is 0 Å². The number of hydrogen-bond donors (Lipinski definition) is 0. The van der Waals surface area contributed by atoms with Gasteiger partial charge in [0.2, 0.25) is 0 Å². The smallest absolute Gasteiger partial charge is 0.0279 e. The van der Waals surface area contributed by atoms with Crippen molar-refractivity contribution in [1.29, 1.82) is 0 Å². The molecule has 0 fully saturated rings. The Labute approximate surface area is 133 Å². The van der Waals surface area contributed by atoms with Gasteiger partial charge in [-0.3, -0.25) is 0 Å². The fraction of sp³-hybridized carbons (Fsp3) is 0.100. The molecule has 0 spiro atoms. The molecule has 0 nitrogen and oxygen atoms in total. The van der Waals surface area contributed by atoms with Crippen molar-refractivity contribution in [2.45, 2.75) is 12.8 Å². The molecule has 3 aromatic rings. The highest BCUT2D eigenvalue weighted by molar-refractivity contribution is 9.10. The summed E-state index contributed by atoms with van der Waals surface area (Å²) in [6.07, 6.45) is 4.55. The van der Waals surface area contributed by atoms with Gasteiger partial charge in [0.15, 0.2) is 0 Å². The molecule has 4 rings (SSSR count). The summed E-state index contributed by atoms with van der Waals surface area (Å²) in [6, 6.07) is 19.8. The van der Waals surface area contributed by atoms with Gasteiger partial charge < -0.3 is 0 Å². The number of fused-ring (bicyclic) bond motifs is 2. The lowest BCUT2D eigenvalue weighted by Gasteiger charge is -2.14. The van der Waals surface area contributed by atoms with Crippen LogP contribution in [-0.4, -0.2) is 0 Å². The number of rotatable bonds is 1. The topological polar surface area (TPSA) is 0 Å². The summed E-state index contributed by atoms with van der Waals surface area (Å²) in [5.74, 6) is 0.363. The molecule has 0 bridgehead atoms. The molecule has 0 heterocycles. The molecule has 3 aromatic carbocycles. The fourth-order valence-corrected chi connectivity index (χ4v) is 3.64. The van der Waals surface area contributed by atoms with Crippen molar-refractivity contribution in [3.8, 4) is 0 Å². The van der Waals surface area contributed by atoms with E-state index in [4.69, 9.17) is 0 Å². The van der Waals surface area contributed by atoms with Crippen LogP contribution in [0.4, 0.5) is 0 Å². The molecule has 0 saturated heterocycles. The molecule has 0 amide bonds. The first kappa shape index (κ1) is 12.8. The number of hydrogen-bond acceptors (Lipinski definition) is 0. The summed E-state index contributed by atoms with van der Waals surface area (Å²) in [4.78, 5) is 0. The minimum Gasteiger partial charge on any atom is -0.0720 e. The van der Waals surface area contributed by atoms with E-state index in [1.165, 1.54) is 37.5 Å². The molecule has 1 aliphatic carbocycles. The highest BCUT2D eigenvalue weighted by atomic mass is 79.9. The summed E-state index contributed by atoms with van der Waals surface area (Å²) < 4.78 is 1.22. The highest BCUT2D eigenvalue weighted by Gasteiger charge is 2.21. The largest absolute Gasteiger partial charge is 0.0720 e. The van der Waals surface area contributed by atoms with Gasteiger partial charge in [-0.05, 0) is 55.9 Å². The lowest BCUT2D eigenvalue weighted by atomic mass is 9.91. The second-order valence-corrected chi connectivity index (χ2v) is 6.44. The van der Waals surface area contributed by atoms with Gasteiger partial charge in [-0.2, -0.15) is 0 Å². The molecule has 1 unspecified atom stereocenters. The minimum absolute atomic E-state index is 0.363. The van der Waals surface area contributed by atoms with Crippen LogP contribution in [0.15, 0.2) is 65.1 Å². The first-order chi connectivity index (χ1) is 10.2. The summed E-state index contributed by atoms with van der Waals surface area (Å²) in [5.41, 5.74) is 5.37. The van der Waals surface area contributed by atoms with Crippen molar-refractivity contribution in [3.63, 3.8) is 0 Å². The third kappa shape index (κ3) is 2.04. The minimum atomic E-state index is 0.363. The fourth-order valence-electron chi connectivity index (χ4n) is 3.15. The van der Waals surface area contributed by atoms with Crippen LogP contribution in [-0.2, 0) is 0 Å². The van der Waals surface area contributed by atoms with Gasteiger partial charge in [-0.1, -0.05) is 66.7 Å². The normalized spacial score (nSPS) is 16.4. The third-order valence-electron chi connectivity index (χ3n) is 4.33. The Balaban J connectivity index is 1.85. The number of aryl methyl sites for hydroxylation is 1. The number of benzene rings is 3. The van der Waals surface area contributed by atoms with Crippen LogP contribution in [0.25, 0.3) is 16.8 Å². The third-order valence-corrected chi connectivity index (χ3v) is 5.38. The molecular weight excluding hydrogens is 320 g/mol. The molecule has 1 aliphatic rings. The van der Waals surface area contributed by atoms with Gasteiger partial charge in [0.05, 0.1) is 0 Å². The van der Waals surface area contributed by atoms with Crippen molar-refractivity contribution in [2.24, 2.45) is 0 Å². The van der Waals surface area contributed by atoms with Gasteiger partial charge in [-0.25, -0.2) is 0 Å². The van der Waals surface area contributed by atoms with E-state index in [0.717, 1.165) is 0 Å². The van der Waals surface area contributed by atoms with Crippen LogP contribution in [0.2, 0.25) is 0 Å². The average Bonchev–Trinajstić information content (AvgIpc) is 2.95. The molecule has 0 saturated carbocycles. The second kappa shape index (κ2) is 4.85. The molecule has 1 atom stereocenters. The van der Waals surface area contributed by atoms with E-state index < -0.39 is 0 Å².